The number of aliphatic hydroxyl groups is 1. The average molecular weight is 361 g/mol. The molecular weight excluding hydrogens is 334 g/mol. The molecule has 144 valence electrons. The topological polar surface area (TPSA) is 179 Å². The van der Waals surface area contributed by atoms with Gasteiger partial charge in [0.1, 0.15) is 6.04 Å². The van der Waals surface area contributed by atoms with Crippen LogP contribution in [0.3, 0.4) is 0 Å². The molecule has 0 spiro atoms. The second-order valence-electron chi connectivity index (χ2n) is 5.98. The molecule has 0 aromatic rings. The molecule has 5 atom stereocenters. The van der Waals surface area contributed by atoms with Gasteiger partial charge in [0.2, 0.25) is 11.8 Å². The van der Waals surface area contributed by atoms with E-state index in [1.54, 1.807) is 13.8 Å². The first-order valence-electron chi connectivity index (χ1n) is 8.00. The first-order valence-corrected chi connectivity index (χ1v) is 8.00. The van der Waals surface area contributed by atoms with Crippen LogP contribution in [0.15, 0.2) is 0 Å². The maximum absolute atomic E-state index is 12.4. The van der Waals surface area contributed by atoms with Gasteiger partial charge in [-0.05, 0) is 19.3 Å². The second kappa shape index (κ2) is 10.6. The van der Waals surface area contributed by atoms with Crippen molar-refractivity contribution in [2.45, 2.75) is 64.3 Å². The number of aliphatic carboxylic acids is 2. The summed E-state index contributed by atoms with van der Waals surface area (Å²) in [5, 5.41) is 31.7. The molecule has 0 bridgehead atoms. The molecule has 0 radical (unpaired) electrons. The van der Waals surface area contributed by atoms with Crippen LogP contribution in [-0.4, -0.2) is 63.3 Å². The smallest absolute Gasteiger partial charge is 0.328 e. The van der Waals surface area contributed by atoms with Crippen molar-refractivity contribution in [2.24, 2.45) is 11.7 Å². The van der Waals surface area contributed by atoms with Gasteiger partial charge in [-0.1, -0.05) is 20.3 Å². The molecule has 0 saturated heterocycles. The minimum absolute atomic E-state index is 0.0958. The van der Waals surface area contributed by atoms with Crippen LogP contribution >= 0.6 is 0 Å². The lowest BCUT2D eigenvalue weighted by Gasteiger charge is -2.27. The van der Waals surface area contributed by atoms with E-state index in [9.17, 15) is 24.3 Å². The summed E-state index contributed by atoms with van der Waals surface area (Å²) in [4.78, 5) is 46.0. The Morgan fingerprint density at radius 3 is 1.92 bits per heavy atom. The van der Waals surface area contributed by atoms with Gasteiger partial charge in [-0.25, -0.2) is 4.79 Å². The Morgan fingerprint density at radius 1 is 1.00 bits per heavy atom. The molecule has 0 fully saturated rings. The largest absolute Gasteiger partial charge is 0.481 e. The van der Waals surface area contributed by atoms with Crippen molar-refractivity contribution in [3.8, 4) is 0 Å². The summed E-state index contributed by atoms with van der Waals surface area (Å²) in [7, 11) is 0. The van der Waals surface area contributed by atoms with E-state index in [0.717, 1.165) is 0 Å². The van der Waals surface area contributed by atoms with Gasteiger partial charge in [-0.15, -0.1) is 0 Å². The molecule has 0 aromatic carbocycles. The van der Waals surface area contributed by atoms with Gasteiger partial charge >= 0.3 is 11.9 Å². The van der Waals surface area contributed by atoms with Crippen molar-refractivity contribution in [1.82, 2.24) is 10.6 Å². The number of carbonyl (C=O) groups is 4. The van der Waals surface area contributed by atoms with Crippen molar-refractivity contribution in [2.75, 3.05) is 0 Å². The molecule has 0 aromatic heterocycles. The lowest BCUT2D eigenvalue weighted by Crippen LogP contribution is -2.58. The lowest BCUT2D eigenvalue weighted by molar-refractivity contribution is -0.145. The van der Waals surface area contributed by atoms with Crippen LogP contribution in [0.1, 0.15) is 40.0 Å². The van der Waals surface area contributed by atoms with Gasteiger partial charge in [0.15, 0.2) is 6.04 Å². The van der Waals surface area contributed by atoms with Gasteiger partial charge in [-0.3, -0.25) is 14.4 Å². The first-order chi connectivity index (χ1) is 11.5. The summed E-state index contributed by atoms with van der Waals surface area (Å²) in [5.74, 6) is -4.30. The van der Waals surface area contributed by atoms with Crippen LogP contribution in [-0.2, 0) is 19.2 Å². The van der Waals surface area contributed by atoms with E-state index in [1.165, 1.54) is 6.92 Å². The number of nitrogens with two attached hydrogens (primary N) is 1. The molecule has 0 aliphatic carbocycles. The number of nitrogens with one attached hydrogen (secondary N) is 2. The molecule has 0 heterocycles. The first kappa shape index (κ1) is 22.8. The molecule has 7 N–H and O–H groups in total. The second-order valence-corrected chi connectivity index (χ2v) is 5.98. The number of amides is 2. The molecule has 2 amide bonds. The van der Waals surface area contributed by atoms with E-state index in [-0.39, 0.29) is 18.8 Å². The minimum Gasteiger partial charge on any atom is -0.481 e. The SMILES string of the molecule is CCC(C)C(NC(=O)C(N)CCC(=O)O)C(=O)NC(C(=O)O)C(C)O. The van der Waals surface area contributed by atoms with Crippen LogP contribution in [0.4, 0.5) is 0 Å². The summed E-state index contributed by atoms with van der Waals surface area (Å²) in [6.45, 7) is 4.69. The van der Waals surface area contributed by atoms with E-state index < -0.39 is 48.0 Å². The van der Waals surface area contributed by atoms with Gasteiger partial charge < -0.3 is 31.7 Å². The van der Waals surface area contributed by atoms with E-state index >= 15 is 0 Å². The normalized spacial score (nSPS) is 16.8. The van der Waals surface area contributed by atoms with E-state index in [2.05, 4.69) is 10.6 Å². The molecular formula is C15H27N3O7. The lowest BCUT2D eigenvalue weighted by atomic mass is 9.97. The maximum Gasteiger partial charge on any atom is 0.328 e. The Hall–Kier alpha value is -2.20. The number of carbonyl (C=O) groups excluding carboxylic acids is 2. The summed E-state index contributed by atoms with van der Waals surface area (Å²) in [6, 6.07) is -3.69. The van der Waals surface area contributed by atoms with Crippen molar-refractivity contribution < 1.29 is 34.5 Å². The Kier molecular flexibility index (Phi) is 9.69. The monoisotopic (exact) mass is 361 g/mol. The molecule has 0 rings (SSSR count). The fourth-order valence-electron chi connectivity index (χ4n) is 2.00. The molecule has 10 heteroatoms. The van der Waals surface area contributed by atoms with Gasteiger partial charge in [0, 0.05) is 6.42 Å². The minimum atomic E-state index is -1.52. The van der Waals surface area contributed by atoms with Crippen LogP contribution < -0.4 is 16.4 Å². The third kappa shape index (κ3) is 7.94. The zero-order valence-electron chi connectivity index (χ0n) is 14.6. The Bertz CT molecular complexity index is 496. The van der Waals surface area contributed by atoms with Crippen LogP contribution in [0, 0.1) is 5.92 Å². The molecule has 0 aliphatic heterocycles. The summed E-state index contributed by atoms with van der Waals surface area (Å²) in [6.07, 6.45) is -1.21. The number of hydrogen-bond donors (Lipinski definition) is 6. The van der Waals surface area contributed by atoms with Crippen molar-refractivity contribution in [1.29, 1.82) is 0 Å². The van der Waals surface area contributed by atoms with Crippen molar-refractivity contribution >= 4 is 23.8 Å². The fourth-order valence-corrected chi connectivity index (χ4v) is 2.00. The van der Waals surface area contributed by atoms with Crippen LogP contribution in [0.5, 0.6) is 0 Å². The Morgan fingerprint density at radius 2 is 1.52 bits per heavy atom. The summed E-state index contributed by atoms with van der Waals surface area (Å²) >= 11 is 0. The molecule has 0 saturated carbocycles. The number of hydrogen-bond acceptors (Lipinski definition) is 6. The number of aliphatic hydroxyl groups excluding tert-OH is 1. The fraction of sp³-hybridized carbons (Fsp3) is 0.733. The average Bonchev–Trinajstić information content (AvgIpc) is 2.53. The van der Waals surface area contributed by atoms with Gasteiger partial charge in [0.05, 0.1) is 12.1 Å². The third-order valence-corrected chi connectivity index (χ3v) is 3.85. The van der Waals surface area contributed by atoms with Gasteiger partial charge in [0.25, 0.3) is 0 Å². The highest BCUT2D eigenvalue weighted by Crippen LogP contribution is 2.10. The van der Waals surface area contributed by atoms with E-state index in [1.807, 2.05) is 0 Å². The highest BCUT2D eigenvalue weighted by Gasteiger charge is 2.32. The van der Waals surface area contributed by atoms with E-state index in [4.69, 9.17) is 15.9 Å². The van der Waals surface area contributed by atoms with E-state index in [0.29, 0.717) is 6.42 Å². The van der Waals surface area contributed by atoms with Gasteiger partial charge in [-0.2, -0.15) is 0 Å². The predicted octanol–water partition coefficient (Wildman–Crippen LogP) is -1.34. The molecule has 0 aliphatic rings. The summed E-state index contributed by atoms with van der Waals surface area (Å²) in [5.41, 5.74) is 5.61. The molecule has 10 nitrogen and oxygen atoms in total. The van der Waals surface area contributed by atoms with Crippen molar-refractivity contribution in [3.05, 3.63) is 0 Å². The summed E-state index contributed by atoms with van der Waals surface area (Å²) < 4.78 is 0. The highest BCUT2D eigenvalue weighted by molar-refractivity contribution is 5.92. The highest BCUT2D eigenvalue weighted by atomic mass is 16.4. The predicted molar refractivity (Wildman–Crippen MR) is 87.5 cm³/mol. The number of carboxylic acids is 2. The van der Waals surface area contributed by atoms with Crippen LogP contribution in [0.2, 0.25) is 0 Å². The Labute approximate surface area is 145 Å². The zero-order chi connectivity index (χ0) is 19.7. The number of carboxylic acid groups (broad SMARTS) is 2. The van der Waals surface area contributed by atoms with Crippen molar-refractivity contribution in [3.63, 3.8) is 0 Å². The third-order valence-electron chi connectivity index (χ3n) is 3.85. The maximum atomic E-state index is 12.4. The quantitative estimate of drug-likeness (QED) is 0.261. The van der Waals surface area contributed by atoms with Crippen LogP contribution in [0.25, 0.3) is 0 Å². The zero-order valence-corrected chi connectivity index (χ0v) is 14.6. The number of rotatable bonds is 11. The molecule has 25 heavy (non-hydrogen) atoms. The standard InChI is InChI=1S/C15H27N3O7/c1-4-7(2)11(14(23)18-12(8(3)19)15(24)25)17-13(22)9(16)5-6-10(20)21/h7-9,11-12,19H,4-6,16H2,1-3H3,(H,17,22)(H,18,23)(H,20,21)(H,24,25). The Balaban J connectivity index is 5.05. The molecule has 5 unspecified atom stereocenters.